The van der Waals surface area contributed by atoms with Crippen molar-refractivity contribution >= 4 is 45.7 Å². The summed E-state index contributed by atoms with van der Waals surface area (Å²) in [4.78, 5) is 30.7. The molecule has 0 saturated heterocycles. The molecule has 178 valence electrons. The Balaban J connectivity index is 1.36. The van der Waals surface area contributed by atoms with Gasteiger partial charge in [0.25, 0.3) is 0 Å². The van der Waals surface area contributed by atoms with Gasteiger partial charge in [-0.15, -0.1) is 23.1 Å². The van der Waals surface area contributed by atoms with Gasteiger partial charge in [0.2, 0.25) is 11.8 Å². The molecule has 1 heterocycles. The summed E-state index contributed by atoms with van der Waals surface area (Å²) in [7, 11) is 0. The lowest BCUT2D eigenvalue weighted by Crippen LogP contribution is -2.24. The Kier molecular flexibility index (Phi) is 8.28. The van der Waals surface area contributed by atoms with E-state index in [4.69, 9.17) is 0 Å². The highest BCUT2D eigenvalue weighted by Gasteiger charge is 2.20. The molecule has 0 fully saturated rings. The number of anilines is 2. The standard InChI is InChI=1S/C27H24FN3O2S2/c1-2-24(26(33)31-27-30-23(17-34-27)19-11-13-20(28)14-12-19)35-22-10-6-9-21(16-22)29-25(32)15-18-7-4-3-5-8-18/h3-14,16-17,24H,2,15H2,1H3,(H,29,32)(H,30,31,33). The van der Waals surface area contributed by atoms with Gasteiger partial charge in [0.05, 0.1) is 17.4 Å². The van der Waals surface area contributed by atoms with E-state index in [1.165, 1.54) is 35.2 Å². The zero-order valence-corrected chi connectivity index (χ0v) is 20.7. The fourth-order valence-corrected chi connectivity index (χ4v) is 5.13. The van der Waals surface area contributed by atoms with E-state index in [-0.39, 0.29) is 22.9 Å². The minimum Gasteiger partial charge on any atom is -0.326 e. The summed E-state index contributed by atoms with van der Waals surface area (Å²) < 4.78 is 13.2. The molecule has 8 heteroatoms. The highest BCUT2D eigenvalue weighted by molar-refractivity contribution is 8.00. The van der Waals surface area contributed by atoms with Crippen molar-refractivity contribution in [1.29, 1.82) is 0 Å². The molecule has 1 unspecified atom stereocenters. The van der Waals surface area contributed by atoms with E-state index in [2.05, 4.69) is 15.6 Å². The fraction of sp³-hybridized carbons (Fsp3) is 0.148. The first kappa shape index (κ1) is 24.6. The molecule has 0 aliphatic carbocycles. The number of hydrogen-bond donors (Lipinski definition) is 2. The Bertz CT molecular complexity index is 1290. The van der Waals surface area contributed by atoms with Crippen molar-refractivity contribution in [2.24, 2.45) is 0 Å². The van der Waals surface area contributed by atoms with Crippen LogP contribution < -0.4 is 10.6 Å². The highest BCUT2D eigenvalue weighted by Crippen LogP contribution is 2.30. The monoisotopic (exact) mass is 505 g/mol. The van der Waals surface area contributed by atoms with Crippen LogP contribution >= 0.6 is 23.1 Å². The van der Waals surface area contributed by atoms with Gasteiger partial charge in [-0.05, 0) is 54.4 Å². The number of thiazole rings is 1. The largest absolute Gasteiger partial charge is 0.326 e. The van der Waals surface area contributed by atoms with Crippen LogP contribution in [-0.4, -0.2) is 22.0 Å². The molecule has 0 saturated carbocycles. The number of carbonyl (C=O) groups is 2. The second-order valence-corrected chi connectivity index (χ2v) is 9.92. The van der Waals surface area contributed by atoms with Crippen LogP contribution in [0.3, 0.4) is 0 Å². The van der Waals surface area contributed by atoms with Gasteiger partial charge in [0.15, 0.2) is 5.13 Å². The van der Waals surface area contributed by atoms with E-state index in [1.807, 2.05) is 66.9 Å². The molecule has 0 radical (unpaired) electrons. The second kappa shape index (κ2) is 11.8. The summed E-state index contributed by atoms with van der Waals surface area (Å²) in [5.74, 6) is -0.542. The molecule has 4 rings (SSSR count). The van der Waals surface area contributed by atoms with Gasteiger partial charge in [0.1, 0.15) is 5.82 Å². The summed E-state index contributed by atoms with van der Waals surface area (Å²) in [5, 5.41) is 7.82. The zero-order valence-electron chi connectivity index (χ0n) is 19.0. The van der Waals surface area contributed by atoms with Crippen LogP contribution in [0, 0.1) is 5.82 Å². The maximum absolute atomic E-state index is 13.2. The van der Waals surface area contributed by atoms with Crippen LogP contribution in [0.2, 0.25) is 0 Å². The first-order chi connectivity index (χ1) is 17.0. The summed E-state index contributed by atoms with van der Waals surface area (Å²) in [6.45, 7) is 1.95. The Labute approximate surface area is 211 Å². The maximum atomic E-state index is 13.2. The molecular formula is C27H24FN3O2S2. The third-order valence-corrected chi connectivity index (χ3v) is 7.26. The van der Waals surface area contributed by atoms with Gasteiger partial charge in [-0.25, -0.2) is 9.37 Å². The van der Waals surface area contributed by atoms with E-state index >= 15 is 0 Å². The Hall–Kier alpha value is -3.49. The molecule has 4 aromatic rings. The molecular weight excluding hydrogens is 481 g/mol. The molecule has 2 N–H and O–H groups in total. The predicted octanol–water partition coefficient (Wildman–Crippen LogP) is 6.64. The quantitative estimate of drug-likeness (QED) is 0.250. The Morgan fingerprint density at radius 3 is 2.51 bits per heavy atom. The van der Waals surface area contributed by atoms with E-state index < -0.39 is 0 Å². The highest BCUT2D eigenvalue weighted by atomic mass is 32.2. The van der Waals surface area contributed by atoms with Crippen molar-refractivity contribution in [3.63, 3.8) is 0 Å². The predicted molar refractivity (Wildman–Crippen MR) is 141 cm³/mol. The van der Waals surface area contributed by atoms with Gasteiger partial charge in [-0.2, -0.15) is 0 Å². The number of aromatic nitrogens is 1. The average Bonchev–Trinajstić information content (AvgIpc) is 3.32. The molecule has 2 amide bonds. The molecule has 0 spiro atoms. The molecule has 0 aliphatic heterocycles. The van der Waals surface area contributed by atoms with E-state index in [1.54, 1.807) is 12.1 Å². The molecule has 1 aromatic heterocycles. The summed E-state index contributed by atoms with van der Waals surface area (Å²) in [6, 6.07) is 23.1. The summed E-state index contributed by atoms with van der Waals surface area (Å²) in [6.07, 6.45) is 0.920. The van der Waals surface area contributed by atoms with Crippen molar-refractivity contribution in [3.05, 3.63) is 95.6 Å². The number of amides is 2. The van der Waals surface area contributed by atoms with Crippen molar-refractivity contribution in [1.82, 2.24) is 4.98 Å². The molecule has 35 heavy (non-hydrogen) atoms. The first-order valence-corrected chi connectivity index (χ1v) is 12.9. The molecule has 0 bridgehead atoms. The minimum atomic E-state index is -0.330. The van der Waals surface area contributed by atoms with Gasteiger partial charge >= 0.3 is 0 Å². The number of nitrogens with one attached hydrogen (secondary N) is 2. The SMILES string of the molecule is CCC(Sc1cccc(NC(=O)Cc2ccccc2)c1)C(=O)Nc1nc(-c2ccc(F)cc2)cs1. The molecule has 3 aromatic carbocycles. The second-order valence-electron chi connectivity index (χ2n) is 7.79. The zero-order chi connectivity index (χ0) is 24.6. The fourth-order valence-electron chi connectivity index (χ4n) is 3.39. The van der Waals surface area contributed by atoms with E-state index in [0.717, 1.165) is 16.0 Å². The number of hydrogen-bond acceptors (Lipinski definition) is 5. The van der Waals surface area contributed by atoms with Crippen LogP contribution in [0.4, 0.5) is 15.2 Å². The Morgan fingerprint density at radius 2 is 1.77 bits per heavy atom. The van der Waals surface area contributed by atoms with Crippen molar-refractivity contribution in [3.8, 4) is 11.3 Å². The van der Waals surface area contributed by atoms with Crippen molar-refractivity contribution < 1.29 is 14.0 Å². The van der Waals surface area contributed by atoms with Crippen LogP contribution in [0.1, 0.15) is 18.9 Å². The van der Waals surface area contributed by atoms with Gasteiger partial charge in [-0.1, -0.05) is 43.3 Å². The molecule has 1 atom stereocenters. The minimum absolute atomic E-state index is 0.0936. The Morgan fingerprint density at radius 1 is 1.00 bits per heavy atom. The maximum Gasteiger partial charge on any atom is 0.239 e. The van der Waals surface area contributed by atoms with Crippen LogP contribution in [-0.2, 0) is 16.0 Å². The topological polar surface area (TPSA) is 71.1 Å². The van der Waals surface area contributed by atoms with Gasteiger partial charge < -0.3 is 10.6 Å². The average molecular weight is 506 g/mol. The lowest BCUT2D eigenvalue weighted by Gasteiger charge is -2.14. The third-order valence-electron chi connectivity index (χ3n) is 5.14. The number of carbonyl (C=O) groups excluding carboxylic acids is 2. The van der Waals surface area contributed by atoms with Crippen LogP contribution in [0.5, 0.6) is 0 Å². The normalized spacial score (nSPS) is 11.6. The number of halogens is 1. The number of nitrogens with zero attached hydrogens (tertiary/aromatic N) is 1. The third kappa shape index (κ3) is 7.00. The van der Waals surface area contributed by atoms with Gasteiger partial charge in [-0.3, -0.25) is 9.59 Å². The smallest absolute Gasteiger partial charge is 0.239 e. The van der Waals surface area contributed by atoms with Crippen molar-refractivity contribution in [2.45, 2.75) is 29.9 Å². The van der Waals surface area contributed by atoms with Crippen LogP contribution in [0.15, 0.2) is 89.1 Å². The van der Waals surface area contributed by atoms with E-state index in [9.17, 15) is 14.0 Å². The van der Waals surface area contributed by atoms with E-state index in [0.29, 0.717) is 29.4 Å². The first-order valence-electron chi connectivity index (χ1n) is 11.1. The molecule has 0 aliphatic rings. The summed E-state index contributed by atoms with van der Waals surface area (Å²) in [5.41, 5.74) is 3.11. The number of benzene rings is 3. The molecule has 5 nitrogen and oxygen atoms in total. The van der Waals surface area contributed by atoms with Crippen molar-refractivity contribution in [2.75, 3.05) is 10.6 Å². The lowest BCUT2D eigenvalue weighted by atomic mass is 10.1. The summed E-state index contributed by atoms with van der Waals surface area (Å²) >= 11 is 2.77. The number of rotatable bonds is 9. The number of thioether (sulfide) groups is 1. The van der Waals surface area contributed by atoms with Gasteiger partial charge in [0, 0.05) is 21.5 Å². The van der Waals surface area contributed by atoms with Crippen LogP contribution in [0.25, 0.3) is 11.3 Å². The lowest BCUT2D eigenvalue weighted by molar-refractivity contribution is -0.116.